The van der Waals surface area contributed by atoms with Gasteiger partial charge in [-0.15, -0.1) is 0 Å². The second kappa shape index (κ2) is 5.16. The maximum atomic E-state index is 12.2. The lowest BCUT2D eigenvalue weighted by Gasteiger charge is -2.22. The summed E-state index contributed by atoms with van der Waals surface area (Å²) in [6, 6.07) is 3.15. The fourth-order valence-corrected chi connectivity index (χ4v) is 3.87. The number of pyridine rings is 1. The summed E-state index contributed by atoms with van der Waals surface area (Å²) in [5, 5.41) is 2.92. The Morgan fingerprint density at radius 1 is 1.47 bits per heavy atom. The lowest BCUT2D eigenvalue weighted by molar-refractivity contribution is 0.0742. The normalized spacial score (nSPS) is 21.1. The number of amides is 1. The number of carbonyl (C=O) groups excluding carboxylic acids is 1. The molecule has 0 aliphatic carbocycles. The smallest absolute Gasteiger partial charge is 0.272 e. The van der Waals surface area contributed by atoms with Gasteiger partial charge in [0.2, 0.25) is 0 Å². The minimum absolute atomic E-state index is 0.0455. The molecule has 6 nitrogen and oxygen atoms in total. The van der Waals surface area contributed by atoms with Gasteiger partial charge < -0.3 is 10.2 Å². The first-order chi connectivity index (χ1) is 8.93. The SMILES string of the molecule is CNc1ccc(C(=O)N(C)C2CCS(=O)(=O)C2)nc1. The van der Waals surface area contributed by atoms with E-state index in [1.54, 1.807) is 32.4 Å². The Kier molecular flexibility index (Phi) is 3.75. The van der Waals surface area contributed by atoms with Crippen LogP contribution < -0.4 is 5.32 Å². The van der Waals surface area contributed by atoms with Crippen LogP contribution in [0, 0.1) is 0 Å². The molecule has 2 heterocycles. The predicted octanol–water partition coefficient (Wildman–Crippen LogP) is 0.382. The van der Waals surface area contributed by atoms with E-state index in [2.05, 4.69) is 10.3 Å². The van der Waals surface area contributed by atoms with E-state index in [-0.39, 0.29) is 23.5 Å². The van der Waals surface area contributed by atoms with Crippen molar-refractivity contribution >= 4 is 21.4 Å². The van der Waals surface area contributed by atoms with Crippen molar-refractivity contribution in [2.45, 2.75) is 12.5 Å². The molecule has 1 unspecified atom stereocenters. The molecule has 2 rings (SSSR count). The van der Waals surface area contributed by atoms with E-state index in [9.17, 15) is 13.2 Å². The number of rotatable bonds is 3. The van der Waals surface area contributed by atoms with Gasteiger partial charge in [-0.05, 0) is 18.6 Å². The average Bonchev–Trinajstić information content (AvgIpc) is 2.77. The second-order valence-electron chi connectivity index (χ2n) is 4.66. The zero-order valence-corrected chi connectivity index (χ0v) is 11.8. The van der Waals surface area contributed by atoms with Gasteiger partial charge in [0.25, 0.3) is 5.91 Å². The van der Waals surface area contributed by atoms with Gasteiger partial charge in [-0.3, -0.25) is 4.79 Å². The summed E-state index contributed by atoms with van der Waals surface area (Å²) in [7, 11) is 0.407. The molecule has 0 radical (unpaired) electrons. The standard InChI is InChI=1S/C12H17N3O3S/c1-13-9-3-4-11(14-7-9)12(16)15(2)10-5-6-19(17,18)8-10/h3-4,7,10,13H,5-6,8H2,1-2H3. The van der Waals surface area contributed by atoms with Crippen LogP contribution in [0.4, 0.5) is 5.69 Å². The zero-order chi connectivity index (χ0) is 14.0. The highest BCUT2D eigenvalue weighted by molar-refractivity contribution is 7.91. The van der Waals surface area contributed by atoms with Crippen LogP contribution in [-0.2, 0) is 9.84 Å². The van der Waals surface area contributed by atoms with Crippen molar-refractivity contribution < 1.29 is 13.2 Å². The first-order valence-corrected chi connectivity index (χ1v) is 7.86. The molecule has 1 N–H and O–H groups in total. The van der Waals surface area contributed by atoms with Gasteiger partial charge in [-0.1, -0.05) is 0 Å². The van der Waals surface area contributed by atoms with Crippen LogP contribution in [0.1, 0.15) is 16.9 Å². The molecule has 104 valence electrons. The number of nitrogens with one attached hydrogen (secondary N) is 1. The summed E-state index contributed by atoms with van der Waals surface area (Å²) < 4.78 is 22.9. The van der Waals surface area contributed by atoms with Crippen molar-refractivity contribution in [3.8, 4) is 0 Å². The molecule has 0 spiro atoms. The monoisotopic (exact) mass is 283 g/mol. The third kappa shape index (κ3) is 3.04. The molecule has 1 atom stereocenters. The summed E-state index contributed by atoms with van der Waals surface area (Å²) in [5.41, 5.74) is 1.15. The van der Waals surface area contributed by atoms with Crippen LogP contribution >= 0.6 is 0 Å². The van der Waals surface area contributed by atoms with Crippen LogP contribution in [0.15, 0.2) is 18.3 Å². The summed E-state index contributed by atoms with van der Waals surface area (Å²) in [6.45, 7) is 0. The fraction of sp³-hybridized carbons (Fsp3) is 0.500. The predicted molar refractivity (Wildman–Crippen MR) is 72.9 cm³/mol. The highest BCUT2D eigenvalue weighted by Gasteiger charge is 2.33. The van der Waals surface area contributed by atoms with Gasteiger partial charge in [0.05, 0.1) is 23.4 Å². The van der Waals surface area contributed by atoms with Gasteiger partial charge in [0, 0.05) is 20.1 Å². The number of anilines is 1. The fourth-order valence-electron chi connectivity index (χ4n) is 2.10. The number of hydrogen-bond acceptors (Lipinski definition) is 5. The highest BCUT2D eigenvalue weighted by atomic mass is 32.2. The Balaban J connectivity index is 2.10. The van der Waals surface area contributed by atoms with Crippen molar-refractivity contribution in [2.75, 3.05) is 30.9 Å². The van der Waals surface area contributed by atoms with Crippen LogP contribution in [0.25, 0.3) is 0 Å². The van der Waals surface area contributed by atoms with E-state index < -0.39 is 9.84 Å². The Bertz CT molecular complexity index is 568. The quantitative estimate of drug-likeness (QED) is 0.867. The first-order valence-electron chi connectivity index (χ1n) is 6.04. The van der Waals surface area contributed by atoms with Gasteiger partial charge in [-0.25, -0.2) is 13.4 Å². The summed E-state index contributed by atoms with van der Waals surface area (Å²) in [5.74, 6) is -0.0459. The minimum Gasteiger partial charge on any atom is -0.387 e. The average molecular weight is 283 g/mol. The Labute approximate surface area is 112 Å². The van der Waals surface area contributed by atoms with E-state index in [1.165, 1.54) is 4.90 Å². The maximum absolute atomic E-state index is 12.2. The van der Waals surface area contributed by atoms with Gasteiger partial charge >= 0.3 is 0 Å². The third-order valence-electron chi connectivity index (χ3n) is 3.35. The van der Waals surface area contributed by atoms with Gasteiger partial charge in [-0.2, -0.15) is 0 Å². The molecule has 1 aliphatic heterocycles. The van der Waals surface area contributed by atoms with Crippen molar-refractivity contribution in [1.29, 1.82) is 0 Å². The summed E-state index contributed by atoms with van der Waals surface area (Å²) >= 11 is 0. The first kappa shape index (κ1) is 13.8. The molecule has 1 amide bonds. The van der Waals surface area contributed by atoms with Crippen molar-refractivity contribution in [3.63, 3.8) is 0 Å². The highest BCUT2D eigenvalue weighted by Crippen LogP contribution is 2.18. The number of sulfone groups is 1. The maximum Gasteiger partial charge on any atom is 0.272 e. The van der Waals surface area contributed by atoms with Crippen LogP contribution in [0.5, 0.6) is 0 Å². The van der Waals surface area contributed by atoms with Crippen LogP contribution in [0.2, 0.25) is 0 Å². The molecule has 1 aromatic rings. The molecule has 0 bridgehead atoms. The Hall–Kier alpha value is -1.63. The number of nitrogens with zero attached hydrogens (tertiary/aromatic N) is 2. The van der Waals surface area contributed by atoms with Crippen LogP contribution in [0.3, 0.4) is 0 Å². The van der Waals surface area contributed by atoms with E-state index in [0.29, 0.717) is 12.1 Å². The third-order valence-corrected chi connectivity index (χ3v) is 5.10. The second-order valence-corrected chi connectivity index (χ2v) is 6.88. The van der Waals surface area contributed by atoms with Crippen molar-refractivity contribution in [2.24, 2.45) is 0 Å². The lowest BCUT2D eigenvalue weighted by atomic mass is 10.2. The zero-order valence-electron chi connectivity index (χ0n) is 11.0. The number of hydrogen-bond donors (Lipinski definition) is 1. The molecule has 1 aromatic heterocycles. The topological polar surface area (TPSA) is 79.4 Å². The minimum atomic E-state index is -2.99. The van der Waals surface area contributed by atoms with Gasteiger partial charge in [0.15, 0.2) is 9.84 Å². The van der Waals surface area contributed by atoms with Crippen molar-refractivity contribution in [1.82, 2.24) is 9.88 Å². The summed E-state index contributed by atoms with van der Waals surface area (Å²) in [6.07, 6.45) is 2.08. The molecular formula is C12H17N3O3S. The van der Waals surface area contributed by atoms with Crippen molar-refractivity contribution in [3.05, 3.63) is 24.0 Å². The van der Waals surface area contributed by atoms with Gasteiger partial charge in [0.1, 0.15) is 5.69 Å². The molecular weight excluding hydrogens is 266 g/mol. The Morgan fingerprint density at radius 3 is 2.68 bits per heavy atom. The molecule has 0 aromatic carbocycles. The molecule has 1 aliphatic rings. The van der Waals surface area contributed by atoms with Crippen LogP contribution in [-0.4, -0.2) is 55.9 Å². The number of aromatic nitrogens is 1. The molecule has 0 saturated carbocycles. The van der Waals surface area contributed by atoms with E-state index >= 15 is 0 Å². The van der Waals surface area contributed by atoms with E-state index in [0.717, 1.165) is 5.69 Å². The lowest BCUT2D eigenvalue weighted by Crippen LogP contribution is -2.38. The summed E-state index contributed by atoms with van der Waals surface area (Å²) in [4.78, 5) is 17.7. The molecule has 1 saturated heterocycles. The molecule has 1 fully saturated rings. The molecule has 19 heavy (non-hydrogen) atoms. The largest absolute Gasteiger partial charge is 0.387 e. The molecule has 7 heteroatoms. The number of carbonyl (C=O) groups is 1. The Morgan fingerprint density at radius 2 is 2.21 bits per heavy atom. The van der Waals surface area contributed by atoms with E-state index in [4.69, 9.17) is 0 Å². The van der Waals surface area contributed by atoms with E-state index in [1.807, 2.05) is 0 Å².